The van der Waals surface area contributed by atoms with Crippen LogP contribution >= 0.6 is 0 Å². The summed E-state index contributed by atoms with van der Waals surface area (Å²) in [6, 6.07) is 12.2. The number of benzene rings is 2. The van der Waals surface area contributed by atoms with Crippen molar-refractivity contribution in [2.24, 2.45) is 0 Å². The first-order valence-corrected chi connectivity index (χ1v) is 6.36. The van der Waals surface area contributed by atoms with Gasteiger partial charge in [0.15, 0.2) is 0 Å². The molecule has 0 aromatic heterocycles. The zero-order valence-electron chi connectivity index (χ0n) is 11.8. The van der Waals surface area contributed by atoms with Crippen LogP contribution in [0, 0.1) is 10.1 Å². The standard InChI is InChI=1S/C15H16N2O4/c1-16-14-7-6-11(8-15(14)17(18)19)10-21-13-5-3-4-12(9-13)20-2/h3-9,16H,10H2,1-2H3. The minimum Gasteiger partial charge on any atom is -0.497 e. The molecule has 2 aromatic rings. The van der Waals surface area contributed by atoms with Crippen LogP contribution in [0.4, 0.5) is 11.4 Å². The van der Waals surface area contributed by atoms with Crippen LogP contribution in [-0.4, -0.2) is 19.1 Å². The molecule has 2 rings (SSSR count). The zero-order valence-corrected chi connectivity index (χ0v) is 11.8. The average Bonchev–Trinajstić information content (AvgIpc) is 2.52. The predicted octanol–water partition coefficient (Wildman–Crippen LogP) is 3.22. The second-order valence-corrected chi connectivity index (χ2v) is 4.33. The Morgan fingerprint density at radius 1 is 1.19 bits per heavy atom. The number of nitro benzene ring substituents is 1. The van der Waals surface area contributed by atoms with E-state index in [0.29, 0.717) is 17.2 Å². The Morgan fingerprint density at radius 3 is 2.62 bits per heavy atom. The van der Waals surface area contributed by atoms with Gasteiger partial charge in [-0.25, -0.2) is 0 Å². The second-order valence-electron chi connectivity index (χ2n) is 4.33. The lowest BCUT2D eigenvalue weighted by molar-refractivity contribution is -0.384. The van der Waals surface area contributed by atoms with Crippen molar-refractivity contribution >= 4 is 11.4 Å². The minimum absolute atomic E-state index is 0.0317. The summed E-state index contributed by atoms with van der Waals surface area (Å²) in [6.45, 7) is 0.248. The summed E-state index contributed by atoms with van der Waals surface area (Å²) in [5.41, 5.74) is 1.23. The molecule has 0 saturated carbocycles. The summed E-state index contributed by atoms with van der Waals surface area (Å²) in [4.78, 5) is 10.6. The fourth-order valence-corrected chi connectivity index (χ4v) is 1.89. The molecule has 6 nitrogen and oxygen atoms in total. The molecule has 0 fully saturated rings. The van der Waals surface area contributed by atoms with Crippen molar-refractivity contribution < 1.29 is 14.4 Å². The molecule has 0 amide bonds. The maximum Gasteiger partial charge on any atom is 0.292 e. The molecular formula is C15H16N2O4. The summed E-state index contributed by atoms with van der Waals surface area (Å²) in [5.74, 6) is 1.35. The van der Waals surface area contributed by atoms with E-state index in [0.717, 1.165) is 5.56 Å². The van der Waals surface area contributed by atoms with Gasteiger partial charge in [-0.05, 0) is 23.8 Å². The summed E-state index contributed by atoms with van der Waals surface area (Å²) in [5, 5.41) is 13.8. The molecule has 0 unspecified atom stereocenters. The number of hydrogen-bond acceptors (Lipinski definition) is 5. The van der Waals surface area contributed by atoms with Crippen molar-refractivity contribution in [3.05, 3.63) is 58.1 Å². The molecular weight excluding hydrogens is 272 g/mol. The van der Waals surface area contributed by atoms with Gasteiger partial charge in [0.05, 0.1) is 12.0 Å². The van der Waals surface area contributed by atoms with Crippen LogP contribution in [0.2, 0.25) is 0 Å². The summed E-state index contributed by atoms with van der Waals surface area (Å²) < 4.78 is 10.7. The molecule has 6 heteroatoms. The highest BCUT2D eigenvalue weighted by Gasteiger charge is 2.13. The van der Waals surface area contributed by atoms with E-state index < -0.39 is 4.92 Å². The van der Waals surface area contributed by atoms with Crippen molar-refractivity contribution in [1.82, 2.24) is 0 Å². The van der Waals surface area contributed by atoms with Gasteiger partial charge in [0, 0.05) is 19.2 Å². The summed E-state index contributed by atoms with van der Waals surface area (Å²) >= 11 is 0. The Balaban J connectivity index is 2.12. The fourth-order valence-electron chi connectivity index (χ4n) is 1.89. The molecule has 0 spiro atoms. The third kappa shape index (κ3) is 3.62. The van der Waals surface area contributed by atoms with Crippen LogP contribution < -0.4 is 14.8 Å². The van der Waals surface area contributed by atoms with Crippen LogP contribution in [0.25, 0.3) is 0 Å². The van der Waals surface area contributed by atoms with Crippen molar-refractivity contribution in [3.8, 4) is 11.5 Å². The molecule has 1 N–H and O–H groups in total. The maximum atomic E-state index is 11.0. The molecule has 0 aliphatic rings. The molecule has 21 heavy (non-hydrogen) atoms. The molecule has 0 heterocycles. The first kappa shape index (κ1) is 14.6. The number of nitrogens with one attached hydrogen (secondary N) is 1. The van der Waals surface area contributed by atoms with Gasteiger partial charge >= 0.3 is 0 Å². The van der Waals surface area contributed by atoms with E-state index in [9.17, 15) is 10.1 Å². The normalized spacial score (nSPS) is 10.0. The van der Waals surface area contributed by atoms with Gasteiger partial charge in [-0.2, -0.15) is 0 Å². The number of nitro groups is 1. The largest absolute Gasteiger partial charge is 0.497 e. The number of methoxy groups -OCH3 is 1. The van der Waals surface area contributed by atoms with Gasteiger partial charge in [0.1, 0.15) is 23.8 Å². The lowest BCUT2D eigenvalue weighted by atomic mass is 10.2. The van der Waals surface area contributed by atoms with E-state index in [1.165, 1.54) is 6.07 Å². The fraction of sp³-hybridized carbons (Fsp3) is 0.200. The topological polar surface area (TPSA) is 73.6 Å². The van der Waals surface area contributed by atoms with Crippen molar-refractivity contribution in [2.45, 2.75) is 6.61 Å². The first-order valence-electron chi connectivity index (χ1n) is 6.36. The Morgan fingerprint density at radius 2 is 1.95 bits per heavy atom. The van der Waals surface area contributed by atoms with Crippen molar-refractivity contribution in [1.29, 1.82) is 0 Å². The van der Waals surface area contributed by atoms with E-state index >= 15 is 0 Å². The highest BCUT2D eigenvalue weighted by molar-refractivity contribution is 5.62. The predicted molar refractivity (Wildman–Crippen MR) is 80.0 cm³/mol. The summed E-state index contributed by atoms with van der Waals surface area (Å²) in [7, 11) is 3.23. The third-order valence-electron chi connectivity index (χ3n) is 2.97. The number of nitrogens with zero attached hydrogens (tertiary/aromatic N) is 1. The Hall–Kier alpha value is -2.76. The van der Waals surface area contributed by atoms with Gasteiger partial charge in [-0.1, -0.05) is 12.1 Å². The van der Waals surface area contributed by atoms with E-state index in [1.807, 2.05) is 12.1 Å². The number of ether oxygens (including phenoxy) is 2. The molecule has 0 aliphatic carbocycles. The molecule has 0 saturated heterocycles. The Kier molecular flexibility index (Phi) is 4.61. The first-order chi connectivity index (χ1) is 10.1. The minimum atomic E-state index is -0.416. The number of rotatable bonds is 6. The van der Waals surface area contributed by atoms with Crippen molar-refractivity contribution in [2.75, 3.05) is 19.5 Å². The smallest absolute Gasteiger partial charge is 0.292 e. The van der Waals surface area contributed by atoms with Crippen LogP contribution in [0.3, 0.4) is 0 Å². The molecule has 0 aliphatic heterocycles. The number of anilines is 1. The van der Waals surface area contributed by atoms with E-state index in [2.05, 4.69) is 5.32 Å². The van der Waals surface area contributed by atoms with Crippen LogP contribution in [0.15, 0.2) is 42.5 Å². The lowest BCUT2D eigenvalue weighted by Gasteiger charge is -2.09. The monoisotopic (exact) mass is 288 g/mol. The second kappa shape index (κ2) is 6.60. The molecule has 0 atom stereocenters. The Bertz CT molecular complexity index is 643. The SMILES string of the molecule is CNc1ccc(COc2cccc(OC)c2)cc1[N+](=O)[O-]. The Labute approximate surface area is 122 Å². The van der Waals surface area contributed by atoms with Gasteiger partial charge in [-0.3, -0.25) is 10.1 Å². The third-order valence-corrected chi connectivity index (χ3v) is 2.97. The molecule has 110 valence electrons. The molecule has 0 radical (unpaired) electrons. The zero-order chi connectivity index (χ0) is 15.2. The maximum absolute atomic E-state index is 11.0. The van der Waals surface area contributed by atoms with Gasteiger partial charge in [0.2, 0.25) is 0 Å². The summed E-state index contributed by atoms with van der Waals surface area (Å²) in [6.07, 6.45) is 0. The van der Waals surface area contributed by atoms with Gasteiger partial charge in [-0.15, -0.1) is 0 Å². The highest BCUT2D eigenvalue weighted by atomic mass is 16.6. The quantitative estimate of drug-likeness (QED) is 0.652. The molecule has 0 bridgehead atoms. The highest BCUT2D eigenvalue weighted by Crippen LogP contribution is 2.26. The van der Waals surface area contributed by atoms with Gasteiger partial charge < -0.3 is 14.8 Å². The van der Waals surface area contributed by atoms with E-state index in [-0.39, 0.29) is 12.3 Å². The molecule has 2 aromatic carbocycles. The van der Waals surface area contributed by atoms with E-state index in [1.54, 1.807) is 38.4 Å². The van der Waals surface area contributed by atoms with Crippen LogP contribution in [-0.2, 0) is 6.61 Å². The lowest BCUT2D eigenvalue weighted by Crippen LogP contribution is -2.00. The average molecular weight is 288 g/mol. The van der Waals surface area contributed by atoms with Gasteiger partial charge in [0.25, 0.3) is 5.69 Å². The van der Waals surface area contributed by atoms with E-state index in [4.69, 9.17) is 9.47 Å². The van der Waals surface area contributed by atoms with Crippen molar-refractivity contribution in [3.63, 3.8) is 0 Å². The number of hydrogen-bond donors (Lipinski definition) is 1. The van der Waals surface area contributed by atoms with Crippen LogP contribution in [0.1, 0.15) is 5.56 Å². The van der Waals surface area contributed by atoms with Crippen LogP contribution in [0.5, 0.6) is 11.5 Å².